The summed E-state index contributed by atoms with van der Waals surface area (Å²) in [5.41, 5.74) is 1.35. The lowest BCUT2D eigenvalue weighted by Crippen LogP contribution is -2.27. The molecule has 0 spiro atoms. The predicted octanol–water partition coefficient (Wildman–Crippen LogP) is 2.90. The number of carbonyl (C=O) groups excluding carboxylic acids is 2. The van der Waals surface area contributed by atoms with Gasteiger partial charge in [-0.05, 0) is 43.2 Å². The lowest BCUT2D eigenvalue weighted by atomic mass is 9.90. The second kappa shape index (κ2) is 7.07. The van der Waals surface area contributed by atoms with Crippen LogP contribution in [0, 0.1) is 5.92 Å². The van der Waals surface area contributed by atoms with Crippen molar-refractivity contribution in [3.8, 4) is 0 Å². The first kappa shape index (κ1) is 16.0. The first-order chi connectivity index (χ1) is 10.0. The van der Waals surface area contributed by atoms with Gasteiger partial charge in [0.1, 0.15) is 0 Å². The van der Waals surface area contributed by atoms with Crippen LogP contribution in [0.3, 0.4) is 0 Å². The molecule has 0 fully saturated rings. The Morgan fingerprint density at radius 1 is 1.48 bits per heavy atom. The molecular weight excluding hydrogens is 286 g/mol. The molecule has 5 heteroatoms. The van der Waals surface area contributed by atoms with Crippen LogP contribution in [-0.2, 0) is 22.4 Å². The van der Waals surface area contributed by atoms with Crippen LogP contribution in [0.25, 0.3) is 0 Å². The highest BCUT2D eigenvalue weighted by Crippen LogP contribution is 2.32. The van der Waals surface area contributed by atoms with Gasteiger partial charge in [-0.2, -0.15) is 0 Å². The summed E-state index contributed by atoms with van der Waals surface area (Å²) < 4.78 is 4.60. The smallest absolute Gasteiger partial charge is 0.305 e. The van der Waals surface area contributed by atoms with Crippen molar-refractivity contribution >= 4 is 23.2 Å². The van der Waals surface area contributed by atoms with Crippen molar-refractivity contribution in [1.29, 1.82) is 0 Å². The maximum Gasteiger partial charge on any atom is 0.305 e. The zero-order valence-corrected chi connectivity index (χ0v) is 13.8. The third-order valence-electron chi connectivity index (χ3n) is 3.99. The molecule has 1 atom stereocenters. The molecule has 1 unspecified atom stereocenters. The molecule has 0 aromatic carbocycles. The first-order valence-electron chi connectivity index (χ1n) is 7.45. The summed E-state index contributed by atoms with van der Waals surface area (Å²) in [5.74, 6) is 0.552. The zero-order valence-electron chi connectivity index (χ0n) is 13.0. The Balaban J connectivity index is 1.92. The van der Waals surface area contributed by atoms with E-state index in [9.17, 15) is 9.59 Å². The van der Waals surface area contributed by atoms with Gasteiger partial charge in [-0.1, -0.05) is 6.92 Å². The van der Waals surface area contributed by atoms with Crippen LogP contribution in [0.2, 0.25) is 0 Å². The molecule has 21 heavy (non-hydrogen) atoms. The van der Waals surface area contributed by atoms with Gasteiger partial charge in [0.05, 0.1) is 12.0 Å². The summed E-state index contributed by atoms with van der Waals surface area (Å²) >= 11 is 1.64. The fraction of sp³-hybridized carbons (Fsp3) is 0.625. The Bertz CT molecular complexity index is 524. The molecule has 1 amide bonds. The second-order valence-electron chi connectivity index (χ2n) is 5.81. The SMILES string of the molecule is COC(=O)CCCN(C)C(=O)c1cc2c(s1)CCC(C)C2. The molecule has 0 radical (unpaired) electrons. The van der Waals surface area contributed by atoms with E-state index in [4.69, 9.17) is 0 Å². The van der Waals surface area contributed by atoms with Gasteiger partial charge in [0.15, 0.2) is 0 Å². The molecule has 116 valence electrons. The first-order valence-corrected chi connectivity index (χ1v) is 8.26. The number of methoxy groups -OCH3 is 1. The maximum atomic E-state index is 12.4. The Hall–Kier alpha value is -1.36. The van der Waals surface area contributed by atoms with E-state index < -0.39 is 0 Å². The van der Waals surface area contributed by atoms with E-state index in [0.29, 0.717) is 25.3 Å². The average molecular weight is 309 g/mol. The molecular formula is C16H23NO3S. The van der Waals surface area contributed by atoms with Gasteiger partial charge >= 0.3 is 5.97 Å². The molecule has 0 bridgehead atoms. The van der Waals surface area contributed by atoms with Crippen molar-refractivity contribution in [3.05, 3.63) is 21.4 Å². The Morgan fingerprint density at radius 3 is 2.95 bits per heavy atom. The average Bonchev–Trinajstić information content (AvgIpc) is 2.88. The van der Waals surface area contributed by atoms with E-state index >= 15 is 0 Å². The minimum absolute atomic E-state index is 0.0620. The topological polar surface area (TPSA) is 46.6 Å². The minimum atomic E-state index is -0.226. The van der Waals surface area contributed by atoms with E-state index in [2.05, 4.69) is 17.7 Å². The monoisotopic (exact) mass is 309 g/mol. The Labute approximate surface area is 130 Å². The van der Waals surface area contributed by atoms with Gasteiger partial charge < -0.3 is 9.64 Å². The summed E-state index contributed by atoms with van der Waals surface area (Å²) in [6.07, 6.45) is 4.39. The van der Waals surface area contributed by atoms with Crippen LogP contribution >= 0.6 is 11.3 Å². The molecule has 1 aromatic heterocycles. The van der Waals surface area contributed by atoms with E-state index in [0.717, 1.165) is 17.7 Å². The molecule has 0 saturated carbocycles. The van der Waals surface area contributed by atoms with Gasteiger partial charge in [0.2, 0.25) is 0 Å². The van der Waals surface area contributed by atoms with Crippen LogP contribution in [0.1, 0.15) is 46.3 Å². The van der Waals surface area contributed by atoms with E-state index in [1.807, 2.05) is 0 Å². The number of esters is 1. The number of hydrogen-bond acceptors (Lipinski definition) is 4. The molecule has 1 aromatic rings. The third-order valence-corrected chi connectivity index (χ3v) is 5.21. The highest BCUT2D eigenvalue weighted by Gasteiger charge is 2.22. The van der Waals surface area contributed by atoms with Crippen LogP contribution in [-0.4, -0.2) is 37.5 Å². The highest BCUT2D eigenvalue weighted by atomic mass is 32.1. The number of ether oxygens (including phenoxy) is 1. The fourth-order valence-electron chi connectivity index (χ4n) is 2.66. The number of amides is 1. The summed E-state index contributed by atoms with van der Waals surface area (Å²) in [6.45, 7) is 2.84. The van der Waals surface area contributed by atoms with Crippen molar-refractivity contribution in [3.63, 3.8) is 0 Å². The van der Waals surface area contributed by atoms with Crippen molar-refractivity contribution in [2.24, 2.45) is 5.92 Å². The molecule has 1 aliphatic rings. The number of carbonyl (C=O) groups is 2. The summed E-state index contributed by atoms with van der Waals surface area (Å²) in [5, 5.41) is 0. The Morgan fingerprint density at radius 2 is 2.24 bits per heavy atom. The molecule has 1 heterocycles. The molecule has 2 rings (SSSR count). The third kappa shape index (κ3) is 4.06. The predicted molar refractivity (Wildman–Crippen MR) is 83.7 cm³/mol. The maximum absolute atomic E-state index is 12.4. The Kier molecular flexibility index (Phi) is 5.39. The summed E-state index contributed by atoms with van der Waals surface area (Å²) in [4.78, 5) is 27.4. The van der Waals surface area contributed by atoms with Crippen molar-refractivity contribution in [2.75, 3.05) is 20.7 Å². The largest absolute Gasteiger partial charge is 0.469 e. The summed E-state index contributed by atoms with van der Waals surface area (Å²) in [7, 11) is 3.18. The molecule has 4 nitrogen and oxygen atoms in total. The van der Waals surface area contributed by atoms with Gasteiger partial charge in [0.25, 0.3) is 5.91 Å². The number of fused-ring (bicyclic) bond motifs is 1. The lowest BCUT2D eigenvalue weighted by molar-refractivity contribution is -0.140. The normalized spacial score (nSPS) is 17.2. The number of thiophene rings is 1. The van der Waals surface area contributed by atoms with E-state index in [1.54, 1.807) is 23.3 Å². The van der Waals surface area contributed by atoms with Gasteiger partial charge in [-0.15, -0.1) is 11.3 Å². The summed E-state index contributed by atoms with van der Waals surface area (Å²) in [6, 6.07) is 2.06. The highest BCUT2D eigenvalue weighted by molar-refractivity contribution is 7.14. The van der Waals surface area contributed by atoms with Crippen LogP contribution < -0.4 is 0 Å². The van der Waals surface area contributed by atoms with Crippen molar-refractivity contribution in [1.82, 2.24) is 4.90 Å². The number of aryl methyl sites for hydroxylation is 1. The zero-order chi connectivity index (χ0) is 15.4. The van der Waals surface area contributed by atoms with Gasteiger partial charge in [-0.25, -0.2) is 0 Å². The standard InChI is InChI=1S/C16H23NO3S/c1-11-6-7-13-12(9-11)10-14(21-13)16(19)17(2)8-4-5-15(18)20-3/h10-11H,4-9H2,1-3H3. The quantitative estimate of drug-likeness (QED) is 0.786. The van der Waals surface area contributed by atoms with Crippen LogP contribution in [0.4, 0.5) is 0 Å². The van der Waals surface area contributed by atoms with Crippen LogP contribution in [0.5, 0.6) is 0 Å². The minimum Gasteiger partial charge on any atom is -0.469 e. The number of rotatable bonds is 5. The lowest BCUT2D eigenvalue weighted by Gasteiger charge is -2.16. The molecule has 0 N–H and O–H groups in total. The molecule has 1 aliphatic carbocycles. The molecule has 0 saturated heterocycles. The van der Waals surface area contributed by atoms with Crippen molar-refractivity contribution in [2.45, 2.75) is 39.0 Å². The molecule has 0 aliphatic heterocycles. The van der Waals surface area contributed by atoms with E-state index in [1.165, 1.54) is 24.0 Å². The van der Waals surface area contributed by atoms with Crippen LogP contribution in [0.15, 0.2) is 6.07 Å². The number of nitrogens with zero attached hydrogens (tertiary/aromatic N) is 1. The second-order valence-corrected chi connectivity index (χ2v) is 6.95. The fourth-order valence-corrected chi connectivity index (χ4v) is 3.87. The van der Waals surface area contributed by atoms with Gasteiger partial charge in [0, 0.05) is 24.9 Å². The van der Waals surface area contributed by atoms with E-state index in [-0.39, 0.29) is 11.9 Å². The van der Waals surface area contributed by atoms with Crippen molar-refractivity contribution < 1.29 is 14.3 Å². The number of hydrogen-bond donors (Lipinski definition) is 0. The van der Waals surface area contributed by atoms with Gasteiger partial charge in [-0.3, -0.25) is 9.59 Å².